The molecule has 7 heteroatoms. The van der Waals surface area contributed by atoms with Gasteiger partial charge in [0.2, 0.25) is 0 Å². The van der Waals surface area contributed by atoms with E-state index in [1.807, 2.05) is 0 Å². The van der Waals surface area contributed by atoms with Crippen molar-refractivity contribution in [3.63, 3.8) is 0 Å². The molecule has 0 unspecified atom stereocenters. The zero-order valence-corrected chi connectivity index (χ0v) is 8.83. The third-order valence-electron chi connectivity index (χ3n) is 1.55. The number of nitrogens with zero attached hydrogens (tertiary/aromatic N) is 1. The Morgan fingerprint density at radius 1 is 1.64 bits per heavy atom. The van der Waals surface area contributed by atoms with Gasteiger partial charge in [-0.05, 0) is 22.6 Å². The minimum atomic E-state index is -2.82. The maximum absolute atomic E-state index is 12.3. The molecule has 0 aliphatic rings. The van der Waals surface area contributed by atoms with Gasteiger partial charge in [0.15, 0.2) is 0 Å². The Kier molecular flexibility index (Phi) is 3.19. The number of aromatic carboxylic acids is 1. The fourth-order valence-corrected chi connectivity index (χ4v) is 1.55. The first-order chi connectivity index (χ1) is 6.45. The summed E-state index contributed by atoms with van der Waals surface area (Å²) in [6.45, 7) is 0. The van der Waals surface area contributed by atoms with E-state index in [4.69, 9.17) is 10.8 Å². The normalized spacial score (nSPS) is 10.6. The molecule has 0 saturated heterocycles. The number of nitrogen functional groups attached to an aromatic ring is 1. The Balaban J connectivity index is 3.41. The summed E-state index contributed by atoms with van der Waals surface area (Å²) in [7, 11) is 0. The van der Waals surface area contributed by atoms with Gasteiger partial charge in [-0.3, -0.25) is 0 Å². The second-order valence-corrected chi connectivity index (χ2v) is 3.42. The predicted molar refractivity (Wildman–Crippen MR) is 53.3 cm³/mol. The van der Waals surface area contributed by atoms with E-state index in [1.165, 1.54) is 0 Å². The van der Waals surface area contributed by atoms with Gasteiger partial charge >= 0.3 is 5.97 Å². The highest BCUT2D eigenvalue weighted by atomic mass is 127. The van der Waals surface area contributed by atoms with Crippen LogP contribution in [0.3, 0.4) is 0 Å². The predicted octanol–water partition coefficient (Wildman–Crippen LogP) is 1.90. The van der Waals surface area contributed by atoms with Gasteiger partial charge in [0.1, 0.15) is 9.26 Å². The lowest BCUT2D eigenvalue weighted by Gasteiger charge is -2.07. The Morgan fingerprint density at radius 2 is 2.21 bits per heavy atom. The van der Waals surface area contributed by atoms with E-state index in [9.17, 15) is 13.6 Å². The molecule has 76 valence electrons. The van der Waals surface area contributed by atoms with Gasteiger partial charge in [0.25, 0.3) is 6.43 Å². The number of carbonyl (C=O) groups is 1. The van der Waals surface area contributed by atoms with E-state index < -0.39 is 23.6 Å². The number of carboxylic acid groups (broad SMARTS) is 1. The van der Waals surface area contributed by atoms with Crippen LogP contribution in [0.2, 0.25) is 0 Å². The van der Waals surface area contributed by atoms with Crippen LogP contribution in [0.5, 0.6) is 0 Å². The fraction of sp³-hybridized carbons (Fsp3) is 0.143. The molecule has 0 amide bonds. The Bertz CT molecular complexity index is 384. The number of alkyl halides is 2. The first-order valence-electron chi connectivity index (χ1n) is 3.40. The highest BCUT2D eigenvalue weighted by molar-refractivity contribution is 14.1. The standard InChI is InChI=1S/C7H5F2IN2O2/c8-5(9)2-1-12-6(10)3(4(2)11)7(13)14/h1,5H,(H2,11,12)(H,13,14). The zero-order chi connectivity index (χ0) is 10.9. The van der Waals surface area contributed by atoms with Crippen molar-refractivity contribution in [2.24, 2.45) is 0 Å². The molecule has 0 aliphatic carbocycles. The lowest BCUT2D eigenvalue weighted by atomic mass is 10.1. The highest BCUT2D eigenvalue weighted by Crippen LogP contribution is 2.28. The molecular weight excluding hydrogens is 309 g/mol. The molecule has 1 heterocycles. The number of anilines is 1. The smallest absolute Gasteiger partial charge is 0.340 e. The molecule has 0 aliphatic heterocycles. The van der Waals surface area contributed by atoms with Crippen LogP contribution in [0.25, 0.3) is 0 Å². The van der Waals surface area contributed by atoms with Gasteiger partial charge in [-0.1, -0.05) is 0 Å². The van der Waals surface area contributed by atoms with Crippen molar-refractivity contribution < 1.29 is 18.7 Å². The number of aromatic nitrogens is 1. The average molecular weight is 314 g/mol. The number of halogens is 3. The number of pyridine rings is 1. The molecule has 1 rings (SSSR count). The molecule has 0 radical (unpaired) electrons. The second-order valence-electron chi connectivity index (χ2n) is 2.40. The molecule has 14 heavy (non-hydrogen) atoms. The van der Waals surface area contributed by atoms with E-state index in [-0.39, 0.29) is 9.26 Å². The molecule has 0 bridgehead atoms. The summed E-state index contributed by atoms with van der Waals surface area (Å²) in [6.07, 6.45) is -1.94. The molecule has 1 aromatic rings. The van der Waals surface area contributed by atoms with Crippen LogP contribution in [0.4, 0.5) is 14.5 Å². The molecule has 0 atom stereocenters. The lowest BCUT2D eigenvalue weighted by molar-refractivity contribution is 0.0696. The monoisotopic (exact) mass is 314 g/mol. The maximum atomic E-state index is 12.3. The van der Waals surface area contributed by atoms with Crippen molar-refractivity contribution in [1.29, 1.82) is 0 Å². The quantitative estimate of drug-likeness (QED) is 0.646. The zero-order valence-electron chi connectivity index (χ0n) is 6.67. The molecule has 3 N–H and O–H groups in total. The summed E-state index contributed by atoms with van der Waals surface area (Å²) in [6, 6.07) is 0. The van der Waals surface area contributed by atoms with Crippen molar-refractivity contribution in [2.45, 2.75) is 6.43 Å². The average Bonchev–Trinajstić information content (AvgIpc) is 2.02. The highest BCUT2D eigenvalue weighted by Gasteiger charge is 2.21. The van der Waals surface area contributed by atoms with Crippen LogP contribution in [0.15, 0.2) is 6.20 Å². The van der Waals surface area contributed by atoms with E-state index in [2.05, 4.69) is 4.98 Å². The summed E-state index contributed by atoms with van der Waals surface area (Å²) in [5, 5.41) is 8.68. The van der Waals surface area contributed by atoms with Gasteiger partial charge in [0, 0.05) is 6.20 Å². The number of carboxylic acids is 1. The van der Waals surface area contributed by atoms with Crippen LogP contribution < -0.4 is 5.73 Å². The third-order valence-corrected chi connectivity index (χ3v) is 2.37. The van der Waals surface area contributed by atoms with E-state index >= 15 is 0 Å². The molecule has 0 fully saturated rings. The van der Waals surface area contributed by atoms with Gasteiger partial charge in [-0.2, -0.15) is 0 Å². The van der Waals surface area contributed by atoms with Gasteiger partial charge in [-0.15, -0.1) is 0 Å². The SMILES string of the molecule is Nc1c(C(F)F)cnc(I)c1C(=O)O. The molecule has 0 spiro atoms. The van der Waals surface area contributed by atoms with Crippen LogP contribution in [0.1, 0.15) is 22.3 Å². The number of nitrogens with two attached hydrogens (primary N) is 1. The summed E-state index contributed by atoms with van der Waals surface area (Å²) < 4.78 is 24.7. The van der Waals surface area contributed by atoms with E-state index in [0.717, 1.165) is 6.20 Å². The number of hydrogen-bond acceptors (Lipinski definition) is 3. The Hall–Kier alpha value is -0.990. The van der Waals surface area contributed by atoms with E-state index in [1.54, 1.807) is 22.6 Å². The van der Waals surface area contributed by atoms with Crippen LogP contribution in [-0.4, -0.2) is 16.1 Å². The second kappa shape index (κ2) is 4.03. The topological polar surface area (TPSA) is 76.2 Å². The van der Waals surface area contributed by atoms with Crippen LogP contribution >= 0.6 is 22.6 Å². The molecule has 0 saturated carbocycles. The van der Waals surface area contributed by atoms with Crippen molar-refractivity contribution in [2.75, 3.05) is 5.73 Å². The van der Waals surface area contributed by atoms with Crippen LogP contribution in [-0.2, 0) is 0 Å². The van der Waals surface area contributed by atoms with Gasteiger partial charge in [-0.25, -0.2) is 18.6 Å². The number of rotatable bonds is 2. The van der Waals surface area contributed by atoms with Crippen LogP contribution in [0, 0.1) is 3.70 Å². The number of hydrogen-bond donors (Lipinski definition) is 2. The van der Waals surface area contributed by atoms with Crippen molar-refractivity contribution in [1.82, 2.24) is 4.98 Å². The minimum absolute atomic E-state index is 0.0944. The largest absolute Gasteiger partial charge is 0.478 e. The van der Waals surface area contributed by atoms with E-state index in [0.29, 0.717) is 0 Å². The molecule has 4 nitrogen and oxygen atoms in total. The fourth-order valence-electron chi connectivity index (χ4n) is 0.893. The van der Waals surface area contributed by atoms with Crippen molar-refractivity contribution in [3.8, 4) is 0 Å². The Labute approximate surface area is 91.3 Å². The molecule has 1 aromatic heterocycles. The summed E-state index contributed by atoms with van der Waals surface area (Å²) in [5.74, 6) is -1.36. The van der Waals surface area contributed by atoms with Gasteiger partial charge in [0.05, 0.1) is 11.3 Å². The summed E-state index contributed by atoms with van der Waals surface area (Å²) in [4.78, 5) is 14.2. The maximum Gasteiger partial charge on any atom is 0.340 e. The molecular formula is C7H5F2IN2O2. The summed E-state index contributed by atoms with van der Waals surface area (Å²) in [5.41, 5.74) is 3.93. The van der Waals surface area contributed by atoms with Crippen molar-refractivity contribution >= 4 is 34.2 Å². The molecule has 0 aromatic carbocycles. The first-order valence-corrected chi connectivity index (χ1v) is 4.48. The minimum Gasteiger partial charge on any atom is -0.478 e. The summed E-state index contributed by atoms with van der Waals surface area (Å²) >= 11 is 1.62. The first kappa shape index (κ1) is 11.1. The Morgan fingerprint density at radius 3 is 2.64 bits per heavy atom. The van der Waals surface area contributed by atoms with Gasteiger partial charge < -0.3 is 10.8 Å². The van der Waals surface area contributed by atoms with Crippen molar-refractivity contribution in [3.05, 3.63) is 21.0 Å². The third kappa shape index (κ3) is 1.91. The lowest BCUT2D eigenvalue weighted by Crippen LogP contribution is -2.10.